The van der Waals surface area contributed by atoms with Gasteiger partial charge in [-0.1, -0.05) is 47.5 Å². The number of ether oxygens (including phenoxy) is 1. The molecule has 1 N–H and O–H groups in total. The van der Waals surface area contributed by atoms with E-state index in [-0.39, 0.29) is 23.1 Å². The number of likely N-dealkylation sites (N-methyl/N-ethyl adjacent to an activating group) is 1. The van der Waals surface area contributed by atoms with Crippen LogP contribution in [0.3, 0.4) is 0 Å². The lowest BCUT2D eigenvalue weighted by Crippen LogP contribution is -2.37. The minimum atomic E-state index is -4.10. The Morgan fingerprint density at radius 2 is 1.66 bits per heavy atom. The molecule has 8 nitrogen and oxygen atoms in total. The quantitative estimate of drug-likeness (QED) is 0.355. The summed E-state index contributed by atoms with van der Waals surface area (Å²) in [6, 6.07) is 18.0. The van der Waals surface area contributed by atoms with Gasteiger partial charge in [0.25, 0.3) is 15.9 Å². The van der Waals surface area contributed by atoms with Crippen LogP contribution >= 0.6 is 11.6 Å². The molecule has 3 aromatic rings. The zero-order chi connectivity index (χ0) is 27.9. The van der Waals surface area contributed by atoms with E-state index in [1.165, 1.54) is 12.1 Å². The summed E-state index contributed by atoms with van der Waals surface area (Å²) in [6.07, 6.45) is 0. The smallest absolute Gasteiger partial charge is 0.327 e. The van der Waals surface area contributed by atoms with Gasteiger partial charge in [0.05, 0.1) is 10.6 Å². The maximum absolute atomic E-state index is 13.6. The van der Waals surface area contributed by atoms with E-state index in [0.717, 1.165) is 9.87 Å². The number of benzene rings is 3. The molecule has 0 heterocycles. The number of nitrogens with zero attached hydrogens (tertiary/aromatic N) is 2. The summed E-state index contributed by atoms with van der Waals surface area (Å²) in [5.41, 5.74) is 2.75. The van der Waals surface area contributed by atoms with Crippen molar-refractivity contribution < 1.29 is 22.7 Å². The minimum absolute atomic E-state index is 0.0447. The van der Waals surface area contributed by atoms with Gasteiger partial charge in [0.1, 0.15) is 13.2 Å². The lowest BCUT2D eigenvalue weighted by atomic mass is 10.1. The molecule has 0 aliphatic heterocycles. The monoisotopic (exact) mass is 557 g/mol. The van der Waals surface area contributed by atoms with Crippen LogP contribution in [0.25, 0.3) is 0 Å². The molecule has 0 spiro atoms. The van der Waals surface area contributed by atoms with Crippen LogP contribution < -0.4 is 9.62 Å². The first-order valence-electron chi connectivity index (χ1n) is 12.0. The number of sulfonamides is 1. The molecule has 0 saturated carbocycles. The Bertz CT molecular complexity index is 1390. The fourth-order valence-corrected chi connectivity index (χ4v) is 5.26. The fourth-order valence-electron chi connectivity index (χ4n) is 3.63. The molecule has 0 atom stereocenters. The summed E-state index contributed by atoms with van der Waals surface area (Å²) in [5, 5.41) is 3.22. The van der Waals surface area contributed by atoms with Gasteiger partial charge >= 0.3 is 5.97 Å². The Hall–Kier alpha value is -3.40. The van der Waals surface area contributed by atoms with Crippen LogP contribution in [0, 0.1) is 13.8 Å². The molecule has 3 rings (SSSR count). The highest BCUT2D eigenvalue weighted by molar-refractivity contribution is 7.92. The number of esters is 1. The van der Waals surface area contributed by atoms with Crippen molar-refractivity contribution in [3.05, 3.63) is 94.0 Å². The van der Waals surface area contributed by atoms with E-state index in [4.69, 9.17) is 16.3 Å². The van der Waals surface area contributed by atoms with E-state index in [1.807, 2.05) is 25.9 Å². The zero-order valence-corrected chi connectivity index (χ0v) is 23.5. The second-order valence-corrected chi connectivity index (χ2v) is 11.4. The first-order chi connectivity index (χ1) is 18.0. The largest absolute Gasteiger partial charge is 0.459 e. The van der Waals surface area contributed by atoms with Crippen LogP contribution in [0.15, 0.2) is 71.6 Å². The van der Waals surface area contributed by atoms with E-state index < -0.39 is 22.5 Å². The molecule has 38 heavy (non-hydrogen) atoms. The Morgan fingerprint density at radius 1 is 0.974 bits per heavy atom. The SMILES string of the molecule is Cc1ccc(S(=O)(=O)N(CC(=O)OCc2cccc(C(=O)NCCN(C)C)c2)c2cccc(Cl)c2C)cc1. The number of carbonyl (C=O) groups excluding carboxylic acids is 2. The van der Waals surface area contributed by atoms with Crippen LogP contribution in [0.4, 0.5) is 5.69 Å². The van der Waals surface area contributed by atoms with Gasteiger partial charge in [-0.15, -0.1) is 0 Å². The second kappa shape index (κ2) is 12.9. The highest BCUT2D eigenvalue weighted by atomic mass is 35.5. The molecule has 0 unspecified atom stereocenters. The Kier molecular flexibility index (Phi) is 9.90. The predicted molar refractivity (Wildman–Crippen MR) is 149 cm³/mol. The van der Waals surface area contributed by atoms with E-state index in [2.05, 4.69) is 5.32 Å². The number of hydrogen-bond donors (Lipinski definition) is 1. The standard InChI is InChI=1S/C28H32ClN3O5S/c1-20-11-13-24(14-12-20)38(35,36)32(26-10-6-9-25(29)21(26)2)18-27(33)37-19-22-7-5-8-23(17-22)28(34)30-15-16-31(3)4/h5-14,17H,15-16,18-19H2,1-4H3,(H,30,34). The number of nitrogens with one attached hydrogen (secondary N) is 1. The molecule has 202 valence electrons. The number of halogens is 1. The summed E-state index contributed by atoms with van der Waals surface area (Å²) < 4.78 is 33.6. The van der Waals surface area contributed by atoms with Gasteiger partial charge in [-0.2, -0.15) is 0 Å². The third-order valence-electron chi connectivity index (χ3n) is 5.82. The van der Waals surface area contributed by atoms with Gasteiger partial charge in [-0.05, 0) is 75.5 Å². The summed E-state index contributed by atoms with van der Waals surface area (Å²) in [5.74, 6) is -0.979. The van der Waals surface area contributed by atoms with Crippen LogP contribution in [0.5, 0.6) is 0 Å². The van der Waals surface area contributed by atoms with Gasteiger partial charge in [-0.25, -0.2) is 8.42 Å². The normalized spacial score (nSPS) is 11.3. The van der Waals surface area contributed by atoms with Gasteiger partial charge in [-0.3, -0.25) is 13.9 Å². The molecule has 0 bridgehead atoms. The van der Waals surface area contributed by atoms with Gasteiger partial charge < -0.3 is 15.0 Å². The number of aryl methyl sites for hydroxylation is 1. The summed E-state index contributed by atoms with van der Waals surface area (Å²) in [4.78, 5) is 27.3. The van der Waals surface area contributed by atoms with E-state index >= 15 is 0 Å². The van der Waals surface area contributed by atoms with Crippen LogP contribution in [0.1, 0.15) is 27.0 Å². The molecule has 0 saturated heterocycles. The molecular weight excluding hydrogens is 526 g/mol. The van der Waals surface area contributed by atoms with Gasteiger partial charge in [0.2, 0.25) is 0 Å². The van der Waals surface area contributed by atoms with Crippen molar-refractivity contribution in [3.63, 3.8) is 0 Å². The zero-order valence-electron chi connectivity index (χ0n) is 21.9. The molecule has 0 fully saturated rings. The van der Waals surface area contributed by atoms with Crippen molar-refractivity contribution in [2.45, 2.75) is 25.3 Å². The minimum Gasteiger partial charge on any atom is -0.459 e. The molecule has 0 aliphatic rings. The van der Waals surface area contributed by atoms with E-state index in [9.17, 15) is 18.0 Å². The second-order valence-electron chi connectivity index (χ2n) is 9.13. The summed E-state index contributed by atoms with van der Waals surface area (Å²) >= 11 is 6.27. The van der Waals surface area contributed by atoms with Gasteiger partial charge in [0.15, 0.2) is 0 Å². The molecule has 3 aromatic carbocycles. The average Bonchev–Trinajstić information content (AvgIpc) is 2.88. The fraction of sp³-hybridized carbons (Fsp3) is 0.286. The number of anilines is 1. The third-order valence-corrected chi connectivity index (χ3v) is 8.01. The predicted octanol–water partition coefficient (Wildman–Crippen LogP) is 4.19. The Balaban J connectivity index is 1.77. The maximum Gasteiger partial charge on any atom is 0.327 e. The van der Waals surface area contributed by atoms with Crippen LogP contribution in [-0.4, -0.2) is 58.9 Å². The van der Waals surface area contributed by atoms with Crippen molar-refractivity contribution in [3.8, 4) is 0 Å². The number of amides is 1. The molecule has 0 radical (unpaired) electrons. The maximum atomic E-state index is 13.6. The van der Waals surface area contributed by atoms with Crippen LogP contribution in [-0.2, 0) is 26.2 Å². The lowest BCUT2D eigenvalue weighted by Gasteiger charge is -2.25. The third kappa shape index (κ3) is 7.56. The molecule has 0 aliphatic carbocycles. The van der Waals surface area contributed by atoms with Crippen molar-refractivity contribution in [1.29, 1.82) is 0 Å². The number of rotatable bonds is 11. The van der Waals surface area contributed by atoms with Gasteiger partial charge in [0, 0.05) is 23.7 Å². The Labute approximate surface area is 229 Å². The first-order valence-corrected chi connectivity index (χ1v) is 13.8. The summed E-state index contributed by atoms with van der Waals surface area (Å²) in [6.45, 7) is 4.08. The topological polar surface area (TPSA) is 96.0 Å². The van der Waals surface area contributed by atoms with Crippen molar-refractivity contribution in [2.24, 2.45) is 0 Å². The van der Waals surface area contributed by atoms with Crippen molar-refractivity contribution in [1.82, 2.24) is 10.2 Å². The summed E-state index contributed by atoms with van der Waals surface area (Å²) in [7, 11) is -0.266. The van der Waals surface area contributed by atoms with Crippen LogP contribution in [0.2, 0.25) is 5.02 Å². The highest BCUT2D eigenvalue weighted by Crippen LogP contribution is 2.31. The molecule has 10 heteroatoms. The van der Waals surface area contributed by atoms with Crippen molar-refractivity contribution in [2.75, 3.05) is 38.0 Å². The first kappa shape index (κ1) is 29.2. The van der Waals surface area contributed by atoms with Crippen molar-refractivity contribution >= 4 is 39.2 Å². The van der Waals surface area contributed by atoms with E-state index in [1.54, 1.807) is 61.5 Å². The van der Waals surface area contributed by atoms with E-state index in [0.29, 0.717) is 34.8 Å². The molecule has 0 aromatic heterocycles. The molecule has 1 amide bonds. The average molecular weight is 558 g/mol. The number of hydrogen-bond acceptors (Lipinski definition) is 6. The highest BCUT2D eigenvalue weighted by Gasteiger charge is 2.29. The lowest BCUT2D eigenvalue weighted by molar-refractivity contribution is -0.143. The molecular formula is C28H32ClN3O5S. The Morgan fingerprint density at radius 3 is 2.34 bits per heavy atom. The number of carbonyl (C=O) groups is 2.